The van der Waals surface area contributed by atoms with Gasteiger partial charge >= 0.3 is 5.97 Å². The zero-order valence-electron chi connectivity index (χ0n) is 10.7. The minimum Gasteiger partial charge on any atom is -0.465 e. The monoisotopic (exact) mass is 260 g/mol. The molecule has 6 heteroatoms. The first kappa shape index (κ1) is 12.9. The van der Waals surface area contributed by atoms with Gasteiger partial charge in [-0.15, -0.1) is 0 Å². The molecule has 19 heavy (non-hydrogen) atoms. The Kier molecular flexibility index (Phi) is 4.02. The maximum Gasteiger partial charge on any atom is 0.340 e. The lowest BCUT2D eigenvalue weighted by Crippen LogP contribution is -2.12. The molecule has 0 saturated carbocycles. The van der Waals surface area contributed by atoms with Crippen molar-refractivity contribution in [2.75, 3.05) is 24.7 Å². The standard InChI is InChI=1S/C13H16N4O2/c1-19-13(18)11-9-10(3-4-12(11)14)15-6-8-17-7-2-5-16-17/h2-5,7,9,15H,6,8,14H2,1H3. The Morgan fingerprint density at radius 2 is 2.37 bits per heavy atom. The number of carbonyl (C=O) groups is 1. The van der Waals surface area contributed by atoms with Crippen molar-refractivity contribution < 1.29 is 9.53 Å². The number of nitrogens with one attached hydrogen (secondary N) is 1. The van der Waals surface area contributed by atoms with E-state index in [1.165, 1.54) is 7.11 Å². The lowest BCUT2D eigenvalue weighted by Gasteiger charge is -2.09. The highest BCUT2D eigenvalue weighted by Crippen LogP contribution is 2.18. The molecule has 100 valence electrons. The molecule has 2 aromatic rings. The van der Waals surface area contributed by atoms with Crippen LogP contribution in [0.2, 0.25) is 0 Å². The average Bonchev–Trinajstić information content (AvgIpc) is 2.93. The minimum absolute atomic E-state index is 0.367. The molecular formula is C13H16N4O2. The molecule has 0 unspecified atom stereocenters. The van der Waals surface area contributed by atoms with Crippen LogP contribution in [0.1, 0.15) is 10.4 Å². The number of hydrogen-bond acceptors (Lipinski definition) is 5. The van der Waals surface area contributed by atoms with Gasteiger partial charge in [0.1, 0.15) is 0 Å². The van der Waals surface area contributed by atoms with Crippen molar-refractivity contribution in [1.29, 1.82) is 0 Å². The van der Waals surface area contributed by atoms with E-state index in [-0.39, 0.29) is 0 Å². The molecule has 0 saturated heterocycles. The fourth-order valence-electron chi connectivity index (χ4n) is 1.70. The molecule has 3 N–H and O–H groups in total. The third-order valence-corrected chi connectivity index (χ3v) is 2.69. The van der Waals surface area contributed by atoms with Crippen LogP contribution in [0.5, 0.6) is 0 Å². The summed E-state index contributed by atoms with van der Waals surface area (Å²) in [6, 6.07) is 7.07. The van der Waals surface area contributed by atoms with Crippen LogP contribution in [-0.4, -0.2) is 29.4 Å². The number of aromatic nitrogens is 2. The molecule has 0 aliphatic heterocycles. The quantitative estimate of drug-likeness (QED) is 0.626. The fraction of sp³-hybridized carbons (Fsp3) is 0.231. The largest absolute Gasteiger partial charge is 0.465 e. The van der Waals surface area contributed by atoms with Crippen LogP contribution in [0.3, 0.4) is 0 Å². The van der Waals surface area contributed by atoms with Crippen LogP contribution in [0, 0.1) is 0 Å². The average molecular weight is 260 g/mol. The first-order valence-electron chi connectivity index (χ1n) is 5.90. The summed E-state index contributed by atoms with van der Waals surface area (Å²) in [4.78, 5) is 11.5. The van der Waals surface area contributed by atoms with Crippen molar-refractivity contribution in [2.24, 2.45) is 0 Å². The number of methoxy groups -OCH3 is 1. The summed E-state index contributed by atoms with van der Waals surface area (Å²) in [5.41, 5.74) is 7.32. The summed E-state index contributed by atoms with van der Waals surface area (Å²) in [7, 11) is 1.33. The lowest BCUT2D eigenvalue weighted by molar-refractivity contribution is 0.0602. The summed E-state index contributed by atoms with van der Waals surface area (Å²) in [5.74, 6) is -0.437. The number of carbonyl (C=O) groups excluding carboxylic acids is 1. The van der Waals surface area contributed by atoms with Gasteiger partial charge in [-0.3, -0.25) is 4.68 Å². The number of esters is 1. The molecular weight excluding hydrogens is 244 g/mol. The number of nitrogens with zero attached hydrogens (tertiary/aromatic N) is 2. The maximum atomic E-state index is 11.5. The molecule has 6 nitrogen and oxygen atoms in total. The Morgan fingerprint density at radius 3 is 3.05 bits per heavy atom. The van der Waals surface area contributed by atoms with Crippen molar-refractivity contribution in [1.82, 2.24) is 9.78 Å². The second-order valence-corrected chi connectivity index (χ2v) is 3.99. The highest BCUT2D eigenvalue weighted by atomic mass is 16.5. The normalized spacial score (nSPS) is 10.2. The summed E-state index contributed by atoms with van der Waals surface area (Å²) in [6.45, 7) is 1.44. The van der Waals surface area contributed by atoms with Crippen LogP contribution in [-0.2, 0) is 11.3 Å². The van der Waals surface area contributed by atoms with E-state index >= 15 is 0 Å². The Balaban J connectivity index is 1.99. The molecule has 1 aromatic carbocycles. The second-order valence-electron chi connectivity index (χ2n) is 3.99. The number of hydrogen-bond donors (Lipinski definition) is 2. The third-order valence-electron chi connectivity index (χ3n) is 2.69. The van der Waals surface area contributed by atoms with E-state index in [0.29, 0.717) is 17.8 Å². The summed E-state index contributed by atoms with van der Waals surface area (Å²) in [5, 5.41) is 7.31. The fourth-order valence-corrected chi connectivity index (χ4v) is 1.70. The van der Waals surface area contributed by atoms with Crippen LogP contribution >= 0.6 is 0 Å². The third kappa shape index (κ3) is 3.25. The van der Waals surface area contributed by atoms with Gasteiger partial charge in [0.2, 0.25) is 0 Å². The van der Waals surface area contributed by atoms with Gasteiger partial charge in [0.05, 0.1) is 19.2 Å². The highest BCUT2D eigenvalue weighted by Gasteiger charge is 2.10. The number of ether oxygens (including phenoxy) is 1. The molecule has 1 aromatic heterocycles. The predicted octanol–water partition coefficient (Wildman–Crippen LogP) is 1.36. The van der Waals surface area contributed by atoms with Crippen LogP contribution < -0.4 is 11.1 Å². The molecule has 0 bridgehead atoms. The summed E-state index contributed by atoms with van der Waals surface area (Å²) < 4.78 is 6.50. The lowest BCUT2D eigenvalue weighted by atomic mass is 10.1. The van der Waals surface area contributed by atoms with E-state index in [1.54, 1.807) is 18.3 Å². The van der Waals surface area contributed by atoms with Gasteiger partial charge < -0.3 is 15.8 Å². The van der Waals surface area contributed by atoms with E-state index < -0.39 is 5.97 Å². The van der Waals surface area contributed by atoms with Crippen molar-refractivity contribution >= 4 is 17.3 Å². The predicted molar refractivity (Wildman–Crippen MR) is 72.9 cm³/mol. The molecule has 0 spiro atoms. The van der Waals surface area contributed by atoms with Crippen molar-refractivity contribution in [3.05, 3.63) is 42.2 Å². The van der Waals surface area contributed by atoms with E-state index in [0.717, 1.165) is 12.2 Å². The molecule has 0 aliphatic rings. The van der Waals surface area contributed by atoms with E-state index in [4.69, 9.17) is 5.73 Å². The van der Waals surface area contributed by atoms with Gasteiger partial charge in [0, 0.05) is 30.3 Å². The first-order chi connectivity index (χ1) is 9.20. The van der Waals surface area contributed by atoms with Gasteiger partial charge in [-0.05, 0) is 24.3 Å². The van der Waals surface area contributed by atoms with Crippen LogP contribution in [0.15, 0.2) is 36.7 Å². The highest BCUT2D eigenvalue weighted by molar-refractivity contribution is 5.96. The topological polar surface area (TPSA) is 82.2 Å². The van der Waals surface area contributed by atoms with E-state index in [2.05, 4.69) is 15.2 Å². The van der Waals surface area contributed by atoms with Gasteiger partial charge in [-0.2, -0.15) is 5.10 Å². The maximum absolute atomic E-state index is 11.5. The van der Waals surface area contributed by atoms with Crippen LogP contribution in [0.25, 0.3) is 0 Å². The molecule has 2 rings (SSSR count). The number of benzene rings is 1. The zero-order valence-corrected chi connectivity index (χ0v) is 10.7. The number of nitrogens with two attached hydrogens (primary N) is 1. The molecule has 0 atom stereocenters. The molecule has 0 amide bonds. The van der Waals surface area contributed by atoms with Crippen molar-refractivity contribution in [3.63, 3.8) is 0 Å². The number of nitrogen functional groups attached to an aromatic ring is 1. The van der Waals surface area contributed by atoms with Gasteiger partial charge in [-0.1, -0.05) is 0 Å². The van der Waals surface area contributed by atoms with E-state index in [1.807, 2.05) is 23.0 Å². The Labute approximate surface area is 111 Å². The molecule has 0 aliphatic carbocycles. The zero-order chi connectivity index (χ0) is 13.7. The molecule has 0 radical (unpaired) electrons. The van der Waals surface area contributed by atoms with Gasteiger partial charge in [0.25, 0.3) is 0 Å². The summed E-state index contributed by atoms with van der Waals surface area (Å²) >= 11 is 0. The SMILES string of the molecule is COC(=O)c1cc(NCCn2cccn2)ccc1N. The van der Waals surface area contributed by atoms with Gasteiger partial charge in [0.15, 0.2) is 0 Å². The smallest absolute Gasteiger partial charge is 0.340 e. The second kappa shape index (κ2) is 5.90. The van der Waals surface area contributed by atoms with E-state index in [9.17, 15) is 4.79 Å². The molecule has 0 fully saturated rings. The van der Waals surface area contributed by atoms with Crippen molar-refractivity contribution in [2.45, 2.75) is 6.54 Å². The van der Waals surface area contributed by atoms with Gasteiger partial charge in [-0.25, -0.2) is 4.79 Å². The Morgan fingerprint density at radius 1 is 1.53 bits per heavy atom. The summed E-state index contributed by atoms with van der Waals surface area (Å²) in [6.07, 6.45) is 3.63. The number of rotatable bonds is 5. The first-order valence-corrected chi connectivity index (χ1v) is 5.90. The van der Waals surface area contributed by atoms with Crippen LogP contribution in [0.4, 0.5) is 11.4 Å². The molecule has 1 heterocycles. The van der Waals surface area contributed by atoms with Crippen molar-refractivity contribution in [3.8, 4) is 0 Å². The Hall–Kier alpha value is -2.50. The Bertz CT molecular complexity index is 552. The minimum atomic E-state index is -0.437. The number of anilines is 2.